The van der Waals surface area contributed by atoms with Crippen LogP contribution in [0.2, 0.25) is 0 Å². The van der Waals surface area contributed by atoms with Gasteiger partial charge in [0, 0.05) is 38.4 Å². The first-order chi connectivity index (χ1) is 31.7. The lowest BCUT2D eigenvalue weighted by Crippen LogP contribution is -2.09. The number of para-hydroxylation sites is 2. The lowest BCUT2D eigenvalue weighted by molar-refractivity contribution is 0.669. The molecule has 0 saturated carbocycles. The highest BCUT2D eigenvalue weighted by Gasteiger charge is 2.18. The number of amidine groups is 1. The van der Waals surface area contributed by atoms with Crippen LogP contribution in [0.1, 0.15) is 29.5 Å². The Bertz CT molecular complexity index is 3650. The van der Waals surface area contributed by atoms with Gasteiger partial charge in [-0.25, -0.2) is 9.98 Å². The second-order valence-electron chi connectivity index (χ2n) is 16.4. The average Bonchev–Trinajstić information content (AvgIpc) is 3.90. The van der Waals surface area contributed by atoms with E-state index in [9.17, 15) is 0 Å². The standard InChI is InChI=1S/C60H41N3O/c1-4-16-40(17-5-1)53-28-15-29-54(62-60(61-53)41-18-6-2-7-19-41)47-23-13-22-46(37-47)49-27-14-31-58-59(49)52-39-45(33-35-57(52)64-58)43-21-12-20-42(36-43)44-32-34-56-51(38-44)50-26-10-11-30-55(50)63(56)48-24-8-3-9-25-48/h1-14,16-27,29-39H,15,28H2/b54-29-,61-53+,62-60-. The van der Waals surface area contributed by atoms with Gasteiger partial charge in [-0.15, -0.1) is 0 Å². The molecule has 64 heavy (non-hydrogen) atoms. The highest BCUT2D eigenvalue weighted by Crippen LogP contribution is 2.41. The Morgan fingerprint density at radius 2 is 0.984 bits per heavy atom. The fraction of sp³-hybridized carbons (Fsp3) is 0.0333. The Balaban J connectivity index is 0.919. The first kappa shape index (κ1) is 37.4. The number of aromatic nitrogens is 1. The van der Waals surface area contributed by atoms with Crippen molar-refractivity contribution in [2.75, 3.05) is 0 Å². The largest absolute Gasteiger partial charge is 0.456 e. The normalized spacial score (nSPS) is 15.6. The van der Waals surface area contributed by atoms with Gasteiger partial charge in [0.2, 0.25) is 0 Å². The molecule has 9 aromatic carbocycles. The Labute approximate surface area is 371 Å². The number of hydrogen-bond acceptors (Lipinski definition) is 3. The summed E-state index contributed by atoms with van der Waals surface area (Å²) in [6.45, 7) is 0. The van der Waals surface area contributed by atoms with E-state index in [1.165, 1.54) is 32.9 Å². The maximum Gasteiger partial charge on any atom is 0.160 e. The molecule has 302 valence electrons. The third-order valence-corrected chi connectivity index (χ3v) is 12.5. The number of hydrogen-bond donors (Lipinski definition) is 0. The molecule has 0 radical (unpaired) electrons. The maximum atomic E-state index is 6.55. The minimum absolute atomic E-state index is 0.714. The van der Waals surface area contributed by atoms with Crippen LogP contribution in [0.3, 0.4) is 0 Å². The van der Waals surface area contributed by atoms with Crippen molar-refractivity contribution in [1.29, 1.82) is 0 Å². The molecule has 0 spiro atoms. The van der Waals surface area contributed by atoms with Crippen LogP contribution < -0.4 is 0 Å². The molecule has 0 aliphatic carbocycles. The molecule has 1 aliphatic heterocycles. The summed E-state index contributed by atoms with van der Waals surface area (Å²) in [5.74, 6) is 0.714. The van der Waals surface area contributed by atoms with Gasteiger partial charge in [-0.05, 0) is 112 Å². The SMILES string of the molecule is C1=C(c2cccc(-c3cccc4oc5ccc(-c6cccc(-c7ccc8c(c7)c7ccccc7n8-c7ccccc7)c6)cc5c34)c2)/N=C(c2ccccc2)\N=C(\c2ccccc2)CC\1. The molecule has 4 heteroatoms. The van der Waals surface area contributed by atoms with E-state index in [1.54, 1.807) is 0 Å². The number of nitrogens with zero attached hydrogens (tertiary/aromatic N) is 3. The van der Waals surface area contributed by atoms with Gasteiger partial charge in [-0.2, -0.15) is 0 Å². The molecule has 2 aromatic heterocycles. The van der Waals surface area contributed by atoms with Crippen molar-refractivity contribution in [2.24, 2.45) is 9.98 Å². The third-order valence-electron chi connectivity index (χ3n) is 12.5. The van der Waals surface area contributed by atoms with E-state index in [0.717, 1.165) is 90.8 Å². The number of allylic oxidation sites excluding steroid dienone is 1. The van der Waals surface area contributed by atoms with E-state index in [2.05, 4.69) is 205 Å². The number of fused-ring (bicyclic) bond motifs is 6. The van der Waals surface area contributed by atoms with Crippen LogP contribution >= 0.6 is 0 Å². The smallest absolute Gasteiger partial charge is 0.160 e. The molecule has 3 heterocycles. The Kier molecular flexibility index (Phi) is 9.27. The van der Waals surface area contributed by atoms with Crippen molar-refractivity contribution in [2.45, 2.75) is 12.8 Å². The van der Waals surface area contributed by atoms with Crippen molar-refractivity contribution < 1.29 is 4.42 Å². The molecule has 0 bridgehead atoms. The predicted molar refractivity (Wildman–Crippen MR) is 268 cm³/mol. The van der Waals surface area contributed by atoms with Gasteiger partial charge >= 0.3 is 0 Å². The number of rotatable bonds is 7. The van der Waals surface area contributed by atoms with Gasteiger partial charge in [-0.1, -0.05) is 164 Å². The van der Waals surface area contributed by atoms with E-state index in [4.69, 9.17) is 14.4 Å². The van der Waals surface area contributed by atoms with Crippen molar-refractivity contribution in [3.8, 4) is 39.1 Å². The van der Waals surface area contributed by atoms with Gasteiger partial charge < -0.3 is 8.98 Å². The molecule has 1 aliphatic rings. The zero-order chi connectivity index (χ0) is 42.4. The topological polar surface area (TPSA) is 42.8 Å². The van der Waals surface area contributed by atoms with E-state index >= 15 is 0 Å². The molecular formula is C60H41N3O. The zero-order valence-electron chi connectivity index (χ0n) is 35.0. The summed E-state index contributed by atoms with van der Waals surface area (Å²) in [4.78, 5) is 10.5. The summed E-state index contributed by atoms with van der Waals surface area (Å²) in [6, 6.07) is 77.5. The van der Waals surface area contributed by atoms with Crippen LogP contribution in [0.4, 0.5) is 0 Å². The fourth-order valence-electron chi connectivity index (χ4n) is 9.43. The molecule has 11 aromatic rings. The van der Waals surface area contributed by atoms with Crippen molar-refractivity contribution in [1.82, 2.24) is 4.57 Å². The summed E-state index contributed by atoms with van der Waals surface area (Å²) >= 11 is 0. The second-order valence-corrected chi connectivity index (χ2v) is 16.4. The van der Waals surface area contributed by atoms with Gasteiger partial charge in [0.1, 0.15) is 11.2 Å². The van der Waals surface area contributed by atoms with E-state index in [1.807, 2.05) is 24.3 Å². The van der Waals surface area contributed by atoms with Crippen molar-refractivity contribution in [3.63, 3.8) is 0 Å². The third kappa shape index (κ3) is 6.73. The predicted octanol–water partition coefficient (Wildman–Crippen LogP) is 15.8. The second kappa shape index (κ2) is 15.8. The van der Waals surface area contributed by atoms with E-state index < -0.39 is 0 Å². The molecule has 0 fully saturated rings. The monoisotopic (exact) mass is 819 g/mol. The maximum absolute atomic E-state index is 6.55. The highest BCUT2D eigenvalue weighted by atomic mass is 16.3. The van der Waals surface area contributed by atoms with Gasteiger partial charge in [0.15, 0.2) is 5.84 Å². The van der Waals surface area contributed by atoms with E-state index in [-0.39, 0.29) is 0 Å². The van der Waals surface area contributed by atoms with Crippen molar-refractivity contribution >= 4 is 61.0 Å². The molecule has 0 amide bonds. The summed E-state index contributed by atoms with van der Waals surface area (Å²) in [6.07, 6.45) is 3.91. The molecule has 4 nitrogen and oxygen atoms in total. The molecular weight excluding hydrogens is 779 g/mol. The quantitative estimate of drug-likeness (QED) is 0.158. The van der Waals surface area contributed by atoms with Crippen LogP contribution in [0.15, 0.2) is 239 Å². The van der Waals surface area contributed by atoms with E-state index in [0.29, 0.717) is 5.84 Å². The molecule has 0 atom stereocenters. The minimum Gasteiger partial charge on any atom is -0.456 e. The lowest BCUT2D eigenvalue weighted by Gasteiger charge is -2.14. The lowest BCUT2D eigenvalue weighted by atomic mass is 9.94. The Morgan fingerprint density at radius 3 is 1.78 bits per heavy atom. The van der Waals surface area contributed by atoms with Gasteiger partial charge in [-0.3, -0.25) is 0 Å². The summed E-state index contributed by atoms with van der Waals surface area (Å²) < 4.78 is 8.91. The Hall–Kier alpha value is -8.34. The molecule has 0 saturated heterocycles. The van der Waals surface area contributed by atoms with Gasteiger partial charge in [0.05, 0.1) is 22.4 Å². The fourth-order valence-corrected chi connectivity index (χ4v) is 9.43. The Morgan fingerprint density at radius 1 is 0.391 bits per heavy atom. The number of furan rings is 1. The number of aliphatic imine (C=N–C) groups is 2. The summed E-state index contributed by atoms with van der Waals surface area (Å²) in [5.41, 5.74) is 17.3. The van der Waals surface area contributed by atoms with Crippen LogP contribution in [0.5, 0.6) is 0 Å². The first-order valence-electron chi connectivity index (χ1n) is 21.9. The summed E-state index contributed by atoms with van der Waals surface area (Å²) in [7, 11) is 0. The van der Waals surface area contributed by atoms with Crippen LogP contribution in [-0.4, -0.2) is 16.1 Å². The van der Waals surface area contributed by atoms with Crippen molar-refractivity contribution in [3.05, 3.63) is 241 Å². The average molecular weight is 820 g/mol. The molecule has 0 N–H and O–H groups in total. The van der Waals surface area contributed by atoms with Crippen LogP contribution in [0, 0.1) is 0 Å². The molecule has 12 rings (SSSR count). The van der Waals surface area contributed by atoms with Crippen LogP contribution in [0.25, 0.3) is 88.5 Å². The van der Waals surface area contributed by atoms with Crippen LogP contribution in [-0.2, 0) is 0 Å². The minimum atomic E-state index is 0.714. The summed E-state index contributed by atoms with van der Waals surface area (Å²) in [5, 5.41) is 4.68. The first-order valence-corrected chi connectivity index (χ1v) is 21.9. The van der Waals surface area contributed by atoms with Gasteiger partial charge in [0.25, 0.3) is 0 Å². The zero-order valence-corrected chi connectivity index (χ0v) is 35.0. The highest BCUT2D eigenvalue weighted by molar-refractivity contribution is 6.15. The molecule has 0 unspecified atom stereocenters. The number of benzene rings is 9.